The van der Waals surface area contributed by atoms with Crippen molar-refractivity contribution in [3.63, 3.8) is 0 Å². The van der Waals surface area contributed by atoms with Gasteiger partial charge in [-0.25, -0.2) is 9.96 Å². The van der Waals surface area contributed by atoms with Crippen LogP contribution in [0.4, 0.5) is 11.4 Å². The van der Waals surface area contributed by atoms with Crippen molar-refractivity contribution in [2.45, 2.75) is 19.1 Å². The highest BCUT2D eigenvalue weighted by atomic mass is 35.5. The predicted octanol–water partition coefficient (Wildman–Crippen LogP) is 5.35. The fraction of sp³-hybridized carbons (Fsp3) is 0.167. The minimum Gasteiger partial charge on any atom is -0.273 e. The lowest BCUT2D eigenvalue weighted by molar-refractivity contribution is -0.126. The van der Waals surface area contributed by atoms with Crippen molar-refractivity contribution in [3.8, 4) is 0 Å². The molecule has 0 N–H and O–H groups in total. The van der Waals surface area contributed by atoms with Crippen LogP contribution in [-0.4, -0.2) is 17.9 Å². The summed E-state index contributed by atoms with van der Waals surface area (Å²) in [5, 5.41) is 2.53. The third-order valence-corrected chi connectivity index (χ3v) is 6.33. The van der Waals surface area contributed by atoms with Gasteiger partial charge in [0.15, 0.2) is 6.10 Å². The summed E-state index contributed by atoms with van der Waals surface area (Å²) in [6, 6.07) is 21.2. The van der Waals surface area contributed by atoms with Crippen LogP contribution in [0.2, 0.25) is 10.0 Å². The van der Waals surface area contributed by atoms with E-state index in [9.17, 15) is 9.59 Å². The molecule has 0 aliphatic carbocycles. The Balaban J connectivity index is 1.63. The average Bonchev–Trinajstić information content (AvgIpc) is 3.26. The molecule has 7 heteroatoms. The Hall–Kier alpha value is -2.86. The first-order valence-corrected chi connectivity index (χ1v) is 10.6. The number of hydrogen-bond donors (Lipinski definition) is 0. The number of imide groups is 1. The van der Waals surface area contributed by atoms with E-state index >= 15 is 0 Å². The summed E-state index contributed by atoms with van der Waals surface area (Å²) in [7, 11) is 0. The standard InChI is InChI=1S/C24H18Cl2N2O3/c1-14-7-5-6-10-19(14)27-23(29)20-21(17-12-11-15(25)13-18(17)26)28(31-22(20)24(27)30)16-8-3-2-4-9-16/h2-13,20-22H,1H3/t20-,21+,22+/m0/s1. The number of aryl methyl sites for hydroxylation is 1. The molecular formula is C24H18Cl2N2O3. The number of anilines is 2. The lowest BCUT2D eigenvalue weighted by atomic mass is 9.90. The van der Waals surface area contributed by atoms with E-state index in [4.69, 9.17) is 28.0 Å². The van der Waals surface area contributed by atoms with E-state index in [-0.39, 0.29) is 11.8 Å². The Labute approximate surface area is 189 Å². The van der Waals surface area contributed by atoms with Gasteiger partial charge in [-0.2, -0.15) is 0 Å². The molecule has 3 aromatic carbocycles. The largest absolute Gasteiger partial charge is 0.273 e. The summed E-state index contributed by atoms with van der Waals surface area (Å²) in [5.74, 6) is -1.43. The first-order valence-electron chi connectivity index (χ1n) is 9.87. The van der Waals surface area contributed by atoms with Crippen molar-refractivity contribution >= 4 is 46.4 Å². The molecule has 0 saturated carbocycles. The highest BCUT2D eigenvalue weighted by Crippen LogP contribution is 2.49. The molecule has 0 aromatic heterocycles. The molecule has 0 spiro atoms. The Morgan fingerprint density at radius 3 is 2.29 bits per heavy atom. The third kappa shape index (κ3) is 3.21. The molecule has 5 nitrogen and oxygen atoms in total. The number of nitrogens with zero attached hydrogens (tertiary/aromatic N) is 2. The van der Waals surface area contributed by atoms with Gasteiger partial charge in [0.1, 0.15) is 5.92 Å². The summed E-state index contributed by atoms with van der Waals surface area (Å²) < 4.78 is 0. The summed E-state index contributed by atoms with van der Waals surface area (Å²) >= 11 is 12.6. The van der Waals surface area contributed by atoms with Gasteiger partial charge in [-0.1, -0.05) is 65.7 Å². The number of carbonyl (C=O) groups excluding carboxylic acids is 2. The van der Waals surface area contributed by atoms with Crippen LogP contribution in [0, 0.1) is 12.8 Å². The summed E-state index contributed by atoms with van der Waals surface area (Å²) in [6.07, 6.45) is -0.941. The van der Waals surface area contributed by atoms with E-state index in [0.29, 0.717) is 21.3 Å². The number of amides is 2. The molecular weight excluding hydrogens is 435 g/mol. The van der Waals surface area contributed by atoms with Crippen LogP contribution in [0.25, 0.3) is 0 Å². The van der Waals surface area contributed by atoms with E-state index < -0.39 is 18.1 Å². The van der Waals surface area contributed by atoms with Crippen LogP contribution in [-0.2, 0) is 14.4 Å². The number of benzene rings is 3. The van der Waals surface area contributed by atoms with Crippen LogP contribution in [0.15, 0.2) is 72.8 Å². The molecule has 2 aliphatic rings. The molecule has 2 heterocycles. The first-order chi connectivity index (χ1) is 15.0. The topological polar surface area (TPSA) is 49.9 Å². The highest BCUT2D eigenvalue weighted by Gasteiger charge is 2.60. The predicted molar refractivity (Wildman–Crippen MR) is 120 cm³/mol. The maximum Gasteiger partial charge on any atom is 0.266 e. The molecule has 3 aromatic rings. The molecule has 3 atom stereocenters. The van der Waals surface area contributed by atoms with Crippen molar-refractivity contribution in [2.75, 3.05) is 9.96 Å². The zero-order valence-corrected chi connectivity index (χ0v) is 18.0. The van der Waals surface area contributed by atoms with Gasteiger partial charge in [0.2, 0.25) is 5.91 Å². The Kier molecular flexibility index (Phi) is 4.97. The van der Waals surface area contributed by atoms with E-state index in [1.54, 1.807) is 29.3 Å². The lowest BCUT2D eigenvalue weighted by Crippen LogP contribution is -2.37. The number of para-hydroxylation sites is 2. The van der Waals surface area contributed by atoms with Gasteiger partial charge >= 0.3 is 0 Å². The van der Waals surface area contributed by atoms with Crippen LogP contribution < -0.4 is 9.96 Å². The number of fused-ring (bicyclic) bond motifs is 1. The number of rotatable bonds is 3. The van der Waals surface area contributed by atoms with Crippen LogP contribution in [0.3, 0.4) is 0 Å². The van der Waals surface area contributed by atoms with Crippen molar-refractivity contribution in [1.82, 2.24) is 0 Å². The second-order valence-electron chi connectivity index (χ2n) is 7.62. The Bertz CT molecular complexity index is 1180. The molecule has 2 aliphatic heterocycles. The van der Waals surface area contributed by atoms with Crippen LogP contribution >= 0.6 is 23.2 Å². The second kappa shape index (κ2) is 7.68. The van der Waals surface area contributed by atoms with E-state index in [1.807, 2.05) is 55.5 Å². The average molecular weight is 453 g/mol. The van der Waals surface area contributed by atoms with Gasteiger partial charge in [-0.3, -0.25) is 14.4 Å². The van der Waals surface area contributed by atoms with E-state index in [2.05, 4.69) is 0 Å². The number of halogens is 2. The highest BCUT2D eigenvalue weighted by molar-refractivity contribution is 6.35. The van der Waals surface area contributed by atoms with Gasteiger partial charge in [0, 0.05) is 10.0 Å². The monoisotopic (exact) mass is 452 g/mol. The van der Waals surface area contributed by atoms with Crippen molar-refractivity contribution in [3.05, 3.63) is 94.0 Å². The molecule has 0 radical (unpaired) electrons. The minimum atomic E-state index is -0.941. The summed E-state index contributed by atoms with van der Waals surface area (Å²) in [5.41, 5.74) is 2.82. The molecule has 2 amide bonds. The fourth-order valence-corrected chi connectivity index (χ4v) is 4.84. The van der Waals surface area contributed by atoms with Crippen LogP contribution in [0.1, 0.15) is 17.2 Å². The van der Waals surface area contributed by atoms with Gasteiger partial charge in [0.05, 0.1) is 17.4 Å². The lowest BCUT2D eigenvalue weighted by Gasteiger charge is -2.29. The van der Waals surface area contributed by atoms with Gasteiger partial charge in [-0.15, -0.1) is 0 Å². The summed E-state index contributed by atoms with van der Waals surface area (Å²) in [4.78, 5) is 34.3. The smallest absolute Gasteiger partial charge is 0.266 e. The van der Waals surface area contributed by atoms with Crippen LogP contribution in [0.5, 0.6) is 0 Å². The van der Waals surface area contributed by atoms with Crippen molar-refractivity contribution in [2.24, 2.45) is 5.92 Å². The van der Waals surface area contributed by atoms with E-state index in [0.717, 1.165) is 11.3 Å². The van der Waals surface area contributed by atoms with Gasteiger partial charge in [-0.05, 0) is 48.4 Å². The zero-order chi connectivity index (χ0) is 21.7. The van der Waals surface area contributed by atoms with Gasteiger partial charge in [0.25, 0.3) is 5.91 Å². The first kappa shape index (κ1) is 20.1. The van der Waals surface area contributed by atoms with Gasteiger partial charge < -0.3 is 0 Å². The third-order valence-electron chi connectivity index (χ3n) is 5.76. The maximum atomic E-state index is 13.6. The molecule has 2 fully saturated rings. The second-order valence-corrected chi connectivity index (χ2v) is 8.47. The SMILES string of the molecule is Cc1ccccc1N1C(=O)[C@H]2[C@@H](c3ccc(Cl)cc3Cl)N(c3ccccc3)O[C@H]2C1=O. The maximum absolute atomic E-state index is 13.6. The molecule has 156 valence electrons. The van der Waals surface area contributed by atoms with Crippen molar-refractivity contribution < 1.29 is 14.4 Å². The summed E-state index contributed by atoms with van der Waals surface area (Å²) in [6.45, 7) is 1.87. The van der Waals surface area contributed by atoms with Crippen molar-refractivity contribution in [1.29, 1.82) is 0 Å². The minimum absolute atomic E-state index is 0.307. The molecule has 31 heavy (non-hydrogen) atoms. The van der Waals surface area contributed by atoms with E-state index in [1.165, 1.54) is 4.90 Å². The quantitative estimate of drug-likeness (QED) is 0.502. The Morgan fingerprint density at radius 2 is 1.58 bits per heavy atom. The molecule has 0 bridgehead atoms. The number of hydrogen-bond acceptors (Lipinski definition) is 4. The molecule has 5 rings (SSSR count). The fourth-order valence-electron chi connectivity index (χ4n) is 4.32. The number of hydroxylamine groups is 1. The molecule has 2 saturated heterocycles. The zero-order valence-electron chi connectivity index (χ0n) is 16.5. The normalized spacial score (nSPS) is 22.9. The molecule has 0 unspecified atom stereocenters. The Morgan fingerprint density at radius 1 is 0.871 bits per heavy atom. The number of carbonyl (C=O) groups is 2.